The molecular formula is C16H24N4O2S. The predicted octanol–water partition coefficient (Wildman–Crippen LogP) is 2.25. The number of hydrogen-bond donors (Lipinski definition) is 1. The van der Waals surface area contributed by atoms with Gasteiger partial charge in [0.2, 0.25) is 0 Å². The number of piperazine rings is 1. The molecule has 1 aromatic rings. The average Bonchev–Trinajstić information content (AvgIpc) is 3.02. The number of hydrogen-bond acceptors (Lipinski definition) is 4. The van der Waals surface area contributed by atoms with Gasteiger partial charge in [0.25, 0.3) is 5.91 Å². The van der Waals surface area contributed by atoms with E-state index in [0.717, 1.165) is 17.8 Å². The number of carbonyl (C=O) groups is 2. The lowest BCUT2D eigenvalue weighted by Gasteiger charge is -2.35. The standard InChI is InChI=1S/C16H24N4O2S/c1-12-17-14(11-23-12)15(21)19-7-9-20(10-8-19)16(22)18-13-5-3-2-4-6-13/h11,13H,2-10H2,1H3,(H,18,22). The molecule has 6 nitrogen and oxygen atoms in total. The maximum Gasteiger partial charge on any atom is 0.317 e. The van der Waals surface area contributed by atoms with E-state index in [2.05, 4.69) is 10.3 Å². The third-order valence-electron chi connectivity index (χ3n) is 4.62. The summed E-state index contributed by atoms with van der Waals surface area (Å²) >= 11 is 1.49. The van der Waals surface area contributed by atoms with Gasteiger partial charge in [-0.15, -0.1) is 11.3 Å². The van der Waals surface area contributed by atoms with Gasteiger partial charge in [0, 0.05) is 37.6 Å². The van der Waals surface area contributed by atoms with Crippen LogP contribution in [0.1, 0.15) is 47.6 Å². The summed E-state index contributed by atoms with van der Waals surface area (Å²) in [4.78, 5) is 32.5. The van der Waals surface area contributed by atoms with E-state index in [0.29, 0.717) is 37.9 Å². The molecule has 23 heavy (non-hydrogen) atoms. The van der Waals surface area contributed by atoms with Crippen LogP contribution in [0.2, 0.25) is 0 Å². The van der Waals surface area contributed by atoms with Crippen LogP contribution in [0, 0.1) is 6.92 Å². The van der Waals surface area contributed by atoms with Gasteiger partial charge >= 0.3 is 6.03 Å². The van der Waals surface area contributed by atoms with Crippen molar-refractivity contribution in [2.45, 2.75) is 45.1 Å². The maximum absolute atomic E-state index is 12.4. The molecule has 2 fully saturated rings. The first kappa shape index (κ1) is 16.2. The Labute approximate surface area is 140 Å². The Morgan fingerprint density at radius 2 is 1.78 bits per heavy atom. The Hall–Kier alpha value is -1.63. The summed E-state index contributed by atoms with van der Waals surface area (Å²) < 4.78 is 0. The third-order valence-corrected chi connectivity index (χ3v) is 5.40. The number of amides is 3. The van der Waals surface area contributed by atoms with Gasteiger partial charge in [0.15, 0.2) is 0 Å². The van der Waals surface area contributed by atoms with Crippen molar-refractivity contribution in [3.05, 3.63) is 16.1 Å². The molecule has 2 aliphatic rings. The predicted molar refractivity (Wildman–Crippen MR) is 89.7 cm³/mol. The van der Waals surface area contributed by atoms with Gasteiger partial charge in [-0.25, -0.2) is 9.78 Å². The molecule has 1 aliphatic heterocycles. The Kier molecular flexibility index (Phi) is 5.15. The molecule has 1 N–H and O–H groups in total. The van der Waals surface area contributed by atoms with Crippen LogP contribution in [0.5, 0.6) is 0 Å². The van der Waals surface area contributed by atoms with Crippen LogP contribution in [0.4, 0.5) is 4.79 Å². The zero-order chi connectivity index (χ0) is 16.2. The minimum absolute atomic E-state index is 0.0218. The van der Waals surface area contributed by atoms with E-state index in [4.69, 9.17) is 0 Å². The van der Waals surface area contributed by atoms with Crippen LogP contribution in [-0.4, -0.2) is 58.9 Å². The lowest BCUT2D eigenvalue weighted by molar-refractivity contribution is 0.0657. The van der Waals surface area contributed by atoms with Crippen LogP contribution < -0.4 is 5.32 Å². The molecule has 0 radical (unpaired) electrons. The van der Waals surface area contributed by atoms with Crippen LogP contribution >= 0.6 is 11.3 Å². The fourth-order valence-electron chi connectivity index (χ4n) is 3.25. The highest BCUT2D eigenvalue weighted by molar-refractivity contribution is 7.09. The Bertz CT molecular complexity index is 560. The Morgan fingerprint density at radius 3 is 2.39 bits per heavy atom. The highest BCUT2D eigenvalue weighted by atomic mass is 32.1. The molecule has 3 amide bonds. The quantitative estimate of drug-likeness (QED) is 0.901. The molecule has 0 bridgehead atoms. The maximum atomic E-state index is 12.4. The molecule has 1 saturated carbocycles. The molecule has 1 aliphatic carbocycles. The molecule has 0 aromatic carbocycles. The summed E-state index contributed by atoms with van der Waals surface area (Å²) in [6.45, 7) is 4.23. The molecule has 1 saturated heterocycles. The highest BCUT2D eigenvalue weighted by Gasteiger charge is 2.27. The third kappa shape index (κ3) is 4.02. The first-order valence-corrected chi connectivity index (χ1v) is 9.28. The fraction of sp³-hybridized carbons (Fsp3) is 0.688. The summed E-state index contributed by atoms with van der Waals surface area (Å²) in [5.74, 6) is -0.0262. The zero-order valence-electron chi connectivity index (χ0n) is 13.6. The largest absolute Gasteiger partial charge is 0.335 e. The first-order chi connectivity index (χ1) is 11.1. The lowest BCUT2D eigenvalue weighted by atomic mass is 9.96. The molecule has 0 atom stereocenters. The van der Waals surface area contributed by atoms with Gasteiger partial charge in [-0.3, -0.25) is 4.79 Å². The minimum atomic E-state index is -0.0262. The Morgan fingerprint density at radius 1 is 1.13 bits per heavy atom. The second kappa shape index (κ2) is 7.29. The number of aryl methyl sites for hydroxylation is 1. The van der Waals surface area contributed by atoms with E-state index < -0.39 is 0 Å². The van der Waals surface area contributed by atoms with E-state index in [1.807, 2.05) is 11.8 Å². The SMILES string of the molecule is Cc1nc(C(=O)N2CCN(C(=O)NC3CCCCC3)CC2)cs1. The van der Waals surface area contributed by atoms with Gasteiger partial charge in [-0.05, 0) is 19.8 Å². The zero-order valence-corrected chi connectivity index (χ0v) is 14.4. The molecule has 3 rings (SSSR count). The normalized spacial score (nSPS) is 19.7. The number of nitrogens with zero attached hydrogens (tertiary/aromatic N) is 3. The number of thiazole rings is 1. The van der Waals surface area contributed by atoms with Crippen LogP contribution in [0.3, 0.4) is 0 Å². The molecule has 0 unspecified atom stereocenters. The lowest BCUT2D eigenvalue weighted by Crippen LogP contribution is -2.54. The molecule has 0 spiro atoms. The summed E-state index contributed by atoms with van der Waals surface area (Å²) in [7, 11) is 0. The fourth-order valence-corrected chi connectivity index (χ4v) is 3.84. The smallest absolute Gasteiger partial charge is 0.317 e. The van der Waals surface area contributed by atoms with E-state index >= 15 is 0 Å². The van der Waals surface area contributed by atoms with Crippen molar-refractivity contribution in [1.29, 1.82) is 0 Å². The van der Waals surface area contributed by atoms with Gasteiger partial charge in [-0.2, -0.15) is 0 Å². The second-order valence-electron chi connectivity index (χ2n) is 6.32. The van der Waals surface area contributed by atoms with Crippen LogP contribution in [0.25, 0.3) is 0 Å². The topological polar surface area (TPSA) is 65.5 Å². The van der Waals surface area contributed by atoms with Gasteiger partial charge in [0.1, 0.15) is 5.69 Å². The summed E-state index contributed by atoms with van der Waals surface area (Å²) in [5.41, 5.74) is 0.521. The summed E-state index contributed by atoms with van der Waals surface area (Å²) in [5, 5.41) is 5.85. The monoisotopic (exact) mass is 336 g/mol. The number of urea groups is 1. The second-order valence-corrected chi connectivity index (χ2v) is 7.38. The molecule has 126 valence electrons. The van der Waals surface area contributed by atoms with E-state index in [-0.39, 0.29) is 11.9 Å². The number of nitrogens with one attached hydrogen (secondary N) is 1. The van der Waals surface area contributed by atoms with Crippen molar-refractivity contribution in [2.75, 3.05) is 26.2 Å². The summed E-state index contributed by atoms with van der Waals surface area (Å²) in [6, 6.07) is 0.349. The van der Waals surface area contributed by atoms with Crippen molar-refractivity contribution in [3.63, 3.8) is 0 Å². The van der Waals surface area contributed by atoms with E-state index in [9.17, 15) is 9.59 Å². The van der Waals surface area contributed by atoms with Crippen molar-refractivity contribution in [1.82, 2.24) is 20.1 Å². The molecule has 2 heterocycles. The summed E-state index contributed by atoms with van der Waals surface area (Å²) in [6.07, 6.45) is 5.88. The van der Waals surface area contributed by atoms with Crippen molar-refractivity contribution >= 4 is 23.3 Å². The van der Waals surface area contributed by atoms with Crippen LogP contribution in [-0.2, 0) is 0 Å². The highest BCUT2D eigenvalue weighted by Crippen LogP contribution is 2.18. The average molecular weight is 336 g/mol. The Balaban J connectivity index is 1.47. The van der Waals surface area contributed by atoms with Gasteiger partial charge in [0.05, 0.1) is 5.01 Å². The van der Waals surface area contributed by atoms with Gasteiger partial charge in [-0.1, -0.05) is 19.3 Å². The van der Waals surface area contributed by atoms with Crippen molar-refractivity contribution < 1.29 is 9.59 Å². The van der Waals surface area contributed by atoms with E-state index in [1.54, 1.807) is 10.3 Å². The molecule has 7 heteroatoms. The van der Waals surface area contributed by atoms with Gasteiger partial charge < -0.3 is 15.1 Å². The number of rotatable bonds is 2. The number of aromatic nitrogens is 1. The molecule has 1 aromatic heterocycles. The van der Waals surface area contributed by atoms with E-state index in [1.165, 1.54) is 30.6 Å². The molecular weight excluding hydrogens is 312 g/mol. The number of carbonyl (C=O) groups excluding carboxylic acids is 2. The minimum Gasteiger partial charge on any atom is -0.335 e. The first-order valence-electron chi connectivity index (χ1n) is 8.40. The van der Waals surface area contributed by atoms with Crippen LogP contribution in [0.15, 0.2) is 5.38 Å². The van der Waals surface area contributed by atoms with Crippen molar-refractivity contribution in [3.8, 4) is 0 Å². The van der Waals surface area contributed by atoms with Crippen molar-refractivity contribution in [2.24, 2.45) is 0 Å².